The van der Waals surface area contributed by atoms with Crippen LogP contribution in [0.15, 0.2) is 29.0 Å². The van der Waals surface area contributed by atoms with E-state index in [0.29, 0.717) is 0 Å². The first kappa shape index (κ1) is 12.7. The van der Waals surface area contributed by atoms with Gasteiger partial charge < -0.3 is 15.0 Å². The van der Waals surface area contributed by atoms with Crippen LogP contribution in [0.2, 0.25) is 0 Å². The summed E-state index contributed by atoms with van der Waals surface area (Å²) in [6.07, 6.45) is 1.87. The second-order valence-electron chi connectivity index (χ2n) is 4.81. The van der Waals surface area contributed by atoms with Gasteiger partial charge in [-0.3, -0.25) is 0 Å². The molecule has 5 heteroatoms. The summed E-state index contributed by atoms with van der Waals surface area (Å²) in [6, 6.07) is 8.21. The van der Waals surface area contributed by atoms with Crippen molar-refractivity contribution in [3.8, 4) is 17.0 Å². The molecule has 0 saturated carbocycles. The van der Waals surface area contributed by atoms with E-state index in [1.165, 1.54) is 5.69 Å². The molecule has 0 bridgehead atoms. The molecule has 0 amide bonds. The van der Waals surface area contributed by atoms with E-state index in [4.69, 9.17) is 10.5 Å². The number of ether oxygens (including phenoxy) is 1. The van der Waals surface area contributed by atoms with Crippen molar-refractivity contribution in [2.75, 3.05) is 7.11 Å². The fraction of sp³-hybridized carbons (Fsp3) is 0.357. The lowest BCUT2D eigenvalue weighted by Gasteiger charge is -2.21. The largest absolute Gasteiger partial charge is 0.497 e. The van der Waals surface area contributed by atoms with Crippen molar-refractivity contribution in [1.29, 1.82) is 0 Å². The van der Waals surface area contributed by atoms with Crippen LogP contribution in [0.25, 0.3) is 11.3 Å². The van der Waals surface area contributed by atoms with E-state index in [0.717, 1.165) is 41.1 Å². The van der Waals surface area contributed by atoms with Gasteiger partial charge in [0.1, 0.15) is 5.75 Å². The number of nitrogens with two attached hydrogens (primary N) is 1. The van der Waals surface area contributed by atoms with Crippen molar-refractivity contribution in [2.45, 2.75) is 25.4 Å². The molecule has 1 aliphatic rings. The summed E-state index contributed by atoms with van der Waals surface area (Å²) in [5, 5.41) is 0. The molecule has 0 radical (unpaired) electrons. The summed E-state index contributed by atoms with van der Waals surface area (Å²) in [7, 11) is 1.67. The van der Waals surface area contributed by atoms with E-state index in [2.05, 4.69) is 31.5 Å². The summed E-state index contributed by atoms with van der Waals surface area (Å²) >= 11 is 3.54. The minimum atomic E-state index is 0.223. The lowest BCUT2D eigenvalue weighted by molar-refractivity contribution is 0.415. The van der Waals surface area contributed by atoms with E-state index in [9.17, 15) is 0 Å². The zero-order chi connectivity index (χ0) is 13.4. The molecule has 1 atom stereocenters. The van der Waals surface area contributed by atoms with Crippen LogP contribution in [0.1, 0.15) is 12.1 Å². The number of hydrogen-bond acceptors (Lipinski definition) is 3. The number of fused-ring (bicyclic) bond motifs is 1. The standard InChI is InChI=1S/C14H16BrN3O/c1-19-11-4-2-3-9(7-11)13-12-8-10(16)5-6-18(12)14(15)17-13/h2-4,7,10H,5-6,8,16H2,1H3. The molecule has 2 heterocycles. The van der Waals surface area contributed by atoms with Gasteiger partial charge in [-0.15, -0.1) is 0 Å². The zero-order valence-electron chi connectivity index (χ0n) is 10.8. The molecule has 100 valence electrons. The van der Waals surface area contributed by atoms with Crippen molar-refractivity contribution in [1.82, 2.24) is 9.55 Å². The summed E-state index contributed by atoms with van der Waals surface area (Å²) in [5.41, 5.74) is 9.36. The Labute approximate surface area is 120 Å². The fourth-order valence-electron chi connectivity index (χ4n) is 2.54. The average Bonchev–Trinajstić information content (AvgIpc) is 2.75. The normalized spacial score (nSPS) is 18.2. The molecule has 1 aliphatic heterocycles. The summed E-state index contributed by atoms with van der Waals surface area (Å²) < 4.78 is 8.37. The van der Waals surface area contributed by atoms with Crippen molar-refractivity contribution in [3.63, 3.8) is 0 Å². The first-order valence-corrected chi connectivity index (χ1v) is 7.13. The molecule has 4 nitrogen and oxygen atoms in total. The smallest absolute Gasteiger partial charge is 0.177 e. The second-order valence-corrected chi connectivity index (χ2v) is 5.52. The van der Waals surface area contributed by atoms with E-state index < -0.39 is 0 Å². The van der Waals surface area contributed by atoms with Gasteiger partial charge >= 0.3 is 0 Å². The Morgan fingerprint density at radius 1 is 1.47 bits per heavy atom. The fourth-order valence-corrected chi connectivity index (χ4v) is 3.11. The highest BCUT2D eigenvalue weighted by Crippen LogP contribution is 2.32. The highest BCUT2D eigenvalue weighted by Gasteiger charge is 2.23. The third-order valence-electron chi connectivity index (χ3n) is 3.55. The molecular formula is C14H16BrN3O. The quantitative estimate of drug-likeness (QED) is 0.925. The van der Waals surface area contributed by atoms with Gasteiger partial charge in [-0.2, -0.15) is 0 Å². The van der Waals surface area contributed by atoms with Crippen LogP contribution in [0.4, 0.5) is 0 Å². The van der Waals surface area contributed by atoms with Gasteiger partial charge in [0.15, 0.2) is 4.73 Å². The van der Waals surface area contributed by atoms with Crippen LogP contribution >= 0.6 is 15.9 Å². The number of methoxy groups -OCH3 is 1. The lowest BCUT2D eigenvalue weighted by Crippen LogP contribution is -2.30. The number of hydrogen-bond donors (Lipinski definition) is 1. The highest BCUT2D eigenvalue weighted by molar-refractivity contribution is 9.10. The van der Waals surface area contributed by atoms with E-state index >= 15 is 0 Å². The summed E-state index contributed by atoms with van der Waals surface area (Å²) in [4.78, 5) is 4.64. The Bertz CT molecular complexity index is 609. The average molecular weight is 322 g/mol. The molecule has 0 aliphatic carbocycles. The number of nitrogens with zero attached hydrogens (tertiary/aromatic N) is 2. The first-order chi connectivity index (χ1) is 9.19. The van der Waals surface area contributed by atoms with Crippen LogP contribution in [-0.2, 0) is 13.0 Å². The van der Waals surface area contributed by atoms with Crippen molar-refractivity contribution < 1.29 is 4.74 Å². The summed E-state index contributed by atoms with van der Waals surface area (Å²) in [5.74, 6) is 0.843. The first-order valence-electron chi connectivity index (χ1n) is 6.34. The van der Waals surface area contributed by atoms with Gasteiger partial charge in [-0.05, 0) is 34.5 Å². The number of aromatic nitrogens is 2. The van der Waals surface area contributed by atoms with Crippen molar-refractivity contribution in [3.05, 3.63) is 34.7 Å². The van der Waals surface area contributed by atoms with E-state index in [1.807, 2.05) is 18.2 Å². The highest BCUT2D eigenvalue weighted by atomic mass is 79.9. The van der Waals surface area contributed by atoms with Gasteiger partial charge in [-0.1, -0.05) is 12.1 Å². The minimum Gasteiger partial charge on any atom is -0.497 e. The second kappa shape index (κ2) is 4.98. The predicted molar refractivity (Wildman–Crippen MR) is 78.2 cm³/mol. The Hall–Kier alpha value is -1.33. The molecule has 1 aromatic carbocycles. The van der Waals surface area contributed by atoms with Gasteiger partial charge in [0.2, 0.25) is 0 Å². The Kier molecular flexibility index (Phi) is 3.33. The molecule has 0 fully saturated rings. The molecule has 1 aromatic heterocycles. The Balaban J connectivity index is 2.10. The SMILES string of the molecule is COc1cccc(-c2nc(Br)n3c2CC(N)CC3)c1. The third kappa shape index (κ3) is 2.28. The number of imidazole rings is 1. The third-order valence-corrected chi connectivity index (χ3v) is 4.15. The summed E-state index contributed by atoms with van der Waals surface area (Å²) in [6.45, 7) is 0.925. The van der Waals surface area contributed by atoms with Crippen LogP contribution in [0, 0.1) is 0 Å². The molecule has 3 rings (SSSR count). The molecule has 2 N–H and O–H groups in total. The predicted octanol–water partition coefficient (Wildman–Crippen LogP) is 2.59. The molecular weight excluding hydrogens is 306 g/mol. The van der Waals surface area contributed by atoms with E-state index in [1.54, 1.807) is 7.11 Å². The Morgan fingerprint density at radius 2 is 2.32 bits per heavy atom. The van der Waals surface area contributed by atoms with Gasteiger partial charge in [0, 0.05) is 30.3 Å². The molecule has 19 heavy (non-hydrogen) atoms. The van der Waals surface area contributed by atoms with Crippen molar-refractivity contribution >= 4 is 15.9 Å². The van der Waals surface area contributed by atoms with Crippen LogP contribution < -0.4 is 10.5 Å². The Morgan fingerprint density at radius 3 is 3.11 bits per heavy atom. The van der Waals surface area contributed by atoms with Gasteiger partial charge in [0.05, 0.1) is 12.8 Å². The molecule has 0 saturated heterocycles. The maximum Gasteiger partial charge on any atom is 0.177 e. The minimum absolute atomic E-state index is 0.223. The molecule has 2 aromatic rings. The maximum absolute atomic E-state index is 6.08. The zero-order valence-corrected chi connectivity index (χ0v) is 12.4. The van der Waals surface area contributed by atoms with Crippen LogP contribution in [0.3, 0.4) is 0 Å². The molecule has 0 spiro atoms. The van der Waals surface area contributed by atoms with Crippen molar-refractivity contribution in [2.24, 2.45) is 5.73 Å². The van der Waals surface area contributed by atoms with Gasteiger partial charge in [0.25, 0.3) is 0 Å². The number of rotatable bonds is 2. The van der Waals surface area contributed by atoms with Gasteiger partial charge in [-0.25, -0.2) is 4.98 Å². The number of halogens is 1. The lowest BCUT2D eigenvalue weighted by atomic mass is 10.0. The van der Waals surface area contributed by atoms with Crippen LogP contribution in [-0.4, -0.2) is 22.7 Å². The monoisotopic (exact) mass is 321 g/mol. The molecule has 1 unspecified atom stereocenters. The number of benzene rings is 1. The topological polar surface area (TPSA) is 53.1 Å². The van der Waals surface area contributed by atoms with Crippen LogP contribution in [0.5, 0.6) is 5.75 Å². The maximum atomic E-state index is 6.08. The van der Waals surface area contributed by atoms with E-state index in [-0.39, 0.29) is 6.04 Å².